The standard InChI is InChI=1S/C17H18BrF2N/c1-3-8-21-17(12-5-4-11(2)16(20)9-12)14-10-13(19)6-7-15(14)18/h4-7,9-10,17,21H,3,8H2,1-2H3. The number of benzene rings is 2. The second-order valence-electron chi connectivity index (χ2n) is 5.06. The lowest BCUT2D eigenvalue weighted by Gasteiger charge is -2.21. The van der Waals surface area contributed by atoms with Gasteiger partial charge in [-0.3, -0.25) is 0 Å². The molecular formula is C17H18BrF2N. The second kappa shape index (κ2) is 7.14. The zero-order chi connectivity index (χ0) is 15.4. The van der Waals surface area contributed by atoms with E-state index >= 15 is 0 Å². The molecule has 4 heteroatoms. The minimum atomic E-state index is -0.302. The van der Waals surface area contributed by atoms with Crippen molar-refractivity contribution in [2.24, 2.45) is 0 Å². The van der Waals surface area contributed by atoms with Gasteiger partial charge in [0, 0.05) is 4.47 Å². The smallest absolute Gasteiger partial charge is 0.126 e. The molecule has 21 heavy (non-hydrogen) atoms. The van der Waals surface area contributed by atoms with Crippen LogP contribution in [-0.2, 0) is 0 Å². The Hall–Kier alpha value is -1.26. The molecule has 1 N–H and O–H groups in total. The Bertz CT molecular complexity index is 628. The van der Waals surface area contributed by atoms with E-state index in [1.807, 2.05) is 6.07 Å². The Labute approximate surface area is 132 Å². The van der Waals surface area contributed by atoms with Gasteiger partial charge in [-0.1, -0.05) is 35.0 Å². The average Bonchev–Trinajstić information content (AvgIpc) is 2.46. The molecule has 0 bridgehead atoms. The molecule has 0 aromatic heterocycles. The summed E-state index contributed by atoms with van der Waals surface area (Å²) < 4.78 is 28.2. The van der Waals surface area contributed by atoms with Gasteiger partial charge in [-0.15, -0.1) is 0 Å². The maximum atomic E-state index is 13.8. The lowest BCUT2D eigenvalue weighted by Crippen LogP contribution is -2.24. The Morgan fingerprint density at radius 3 is 2.57 bits per heavy atom. The van der Waals surface area contributed by atoms with E-state index < -0.39 is 0 Å². The first kappa shape index (κ1) is 16.1. The Kier molecular flexibility index (Phi) is 5.48. The lowest BCUT2D eigenvalue weighted by atomic mass is 9.97. The lowest BCUT2D eigenvalue weighted by molar-refractivity contribution is 0.573. The monoisotopic (exact) mass is 353 g/mol. The molecule has 0 saturated carbocycles. The van der Waals surface area contributed by atoms with Crippen LogP contribution < -0.4 is 5.32 Å². The van der Waals surface area contributed by atoms with Crippen LogP contribution in [0.5, 0.6) is 0 Å². The molecule has 0 aliphatic heterocycles. The summed E-state index contributed by atoms with van der Waals surface area (Å²) in [4.78, 5) is 0. The molecule has 0 heterocycles. The van der Waals surface area contributed by atoms with Gasteiger partial charge >= 0.3 is 0 Å². The summed E-state index contributed by atoms with van der Waals surface area (Å²) in [5.74, 6) is -0.549. The fraction of sp³-hybridized carbons (Fsp3) is 0.294. The molecule has 2 aromatic rings. The fourth-order valence-electron chi connectivity index (χ4n) is 2.22. The molecule has 0 amide bonds. The topological polar surface area (TPSA) is 12.0 Å². The summed E-state index contributed by atoms with van der Waals surface area (Å²) >= 11 is 3.45. The number of halogens is 3. The van der Waals surface area contributed by atoms with Crippen LogP contribution in [0.1, 0.15) is 36.1 Å². The molecule has 112 valence electrons. The van der Waals surface area contributed by atoms with Crippen LogP contribution in [-0.4, -0.2) is 6.54 Å². The highest BCUT2D eigenvalue weighted by Gasteiger charge is 2.18. The molecule has 1 unspecified atom stereocenters. The van der Waals surface area contributed by atoms with Gasteiger partial charge in [0.15, 0.2) is 0 Å². The van der Waals surface area contributed by atoms with Crippen molar-refractivity contribution in [2.45, 2.75) is 26.3 Å². The minimum absolute atomic E-state index is 0.245. The number of hydrogen-bond acceptors (Lipinski definition) is 1. The molecule has 0 aliphatic carbocycles. The maximum absolute atomic E-state index is 13.8. The predicted octanol–water partition coefficient (Wildman–Crippen LogP) is 5.12. The van der Waals surface area contributed by atoms with E-state index in [0.717, 1.165) is 28.6 Å². The summed E-state index contributed by atoms with van der Waals surface area (Å²) in [5.41, 5.74) is 2.16. The van der Waals surface area contributed by atoms with E-state index in [4.69, 9.17) is 0 Å². The van der Waals surface area contributed by atoms with Crippen molar-refractivity contribution in [3.63, 3.8) is 0 Å². The Morgan fingerprint density at radius 2 is 1.90 bits per heavy atom. The minimum Gasteiger partial charge on any atom is -0.306 e. The molecule has 2 aromatic carbocycles. The van der Waals surface area contributed by atoms with Gasteiger partial charge in [-0.2, -0.15) is 0 Å². The number of hydrogen-bond donors (Lipinski definition) is 1. The van der Waals surface area contributed by atoms with E-state index in [0.29, 0.717) is 5.56 Å². The SMILES string of the molecule is CCCNC(c1ccc(C)c(F)c1)c1cc(F)ccc1Br. The highest BCUT2D eigenvalue weighted by Crippen LogP contribution is 2.30. The van der Waals surface area contributed by atoms with Gasteiger partial charge in [0.05, 0.1) is 6.04 Å². The molecule has 0 radical (unpaired) electrons. The van der Waals surface area contributed by atoms with Gasteiger partial charge < -0.3 is 5.32 Å². The van der Waals surface area contributed by atoms with E-state index in [1.165, 1.54) is 18.2 Å². The van der Waals surface area contributed by atoms with E-state index in [2.05, 4.69) is 28.2 Å². The van der Waals surface area contributed by atoms with Crippen LogP contribution in [0.25, 0.3) is 0 Å². The first-order chi connectivity index (χ1) is 10.0. The predicted molar refractivity (Wildman–Crippen MR) is 85.4 cm³/mol. The fourth-order valence-corrected chi connectivity index (χ4v) is 2.70. The van der Waals surface area contributed by atoms with Crippen LogP contribution in [0, 0.1) is 18.6 Å². The van der Waals surface area contributed by atoms with Crippen molar-refractivity contribution in [2.75, 3.05) is 6.54 Å². The summed E-state index contributed by atoms with van der Waals surface area (Å²) in [6, 6.07) is 9.46. The van der Waals surface area contributed by atoms with Gasteiger partial charge in [-0.25, -0.2) is 8.78 Å². The zero-order valence-corrected chi connectivity index (χ0v) is 13.7. The first-order valence-electron chi connectivity index (χ1n) is 6.97. The van der Waals surface area contributed by atoms with E-state index in [9.17, 15) is 8.78 Å². The van der Waals surface area contributed by atoms with Crippen LogP contribution in [0.2, 0.25) is 0 Å². The summed E-state index contributed by atoms with van der Waals surface area (Å²) in [6.07, 6.45) is 0.942. The van der Waals surface area contributed by atoms with Gasteiger partial charge in [0.25, 0.3) is 0 Å². The van der Waals surface area contributed by atoms with Crippen molar-refractivity contribution >= 4 is 15.9 Å². The van der Waals surface area contributed by atoms with Crippen molar-refractivity contribution in [1.82, 2.24) is 5.32 Å². The third-order valence-corrected chi connectivity index (χ3v) is 4.12. The molecule has 1 nitrogen and oxygen atoms in total. The average molecular weight is 354 g/mol. The summed E-state index contributed by atoms with van der Waals surface area (Å²) in [7, 11) is 0. The molecule has 0 fully saturated rings. The molecule has 0 spiro atoms. The highest BCUT2D eigenvalue weighted by molar-refractivity contribution is 9.10. The maximum Gasteiger partial charge on any atom is 0.126 e. The normalized spacial score (nSPS) is 12.4. The van der Waals surface area contributed by atoms with Crippen molar-refractivity contribution < 1.29 is 8.78 Å². The first-order valence-corrected chi connectivity index (χ1v) is 7.76. The van der Waals surface area contributed by atoms with Crippen LogP contribution in [0.3, 0.4) is 0 Å². The molecular weight excluding hydrogens is 336 g/mol. The van der Waals surface area contributed by atoms with E-state index in [-0.39, 0.29) is 17.7 Å². The Balaban J connectivity index is 2.46. The Morgan fingerprint density at radius 1 is 1.14 bits per heavy atom. The van der Waals surface area contributed by atoms with Crippen LogP contribution in [0.4, 0.5) is 8.78 Å². The number of nitrogens with one attached hydrogen (secondary N) is 1. The molecule has 1 atom stereocenters. The number of rotatable bonds is 5. The van der Waals surface area contributed by atoms with Crippen molar-refractivity contribution in [1.29, 1.82) is 0 Å². The van der Waals surface area contributed by atoms with Crippen LogP contribution >= 0.6 is 15.9 Å². The molecule has 0 saturated heterocycles. The van der Waals surface area contributed by atoms with Crippen molar-refractivity contribution in [3.05, 3.63) is 69.2 Å². The van der Waals surface area contributed by atoms with Crippen molar-refractivity contribution in [3.8, 4) is 0 Å². The quantitative estimate of drug-likeness (QED) is 0.785. The number of aryl methyl sites for hydroxylation is 1. The highest BCUT2D eigenvalue weighted by atomic mass is 79.9. The van der Waals surface area contributed by atoms with E-state index in [1.54, 1.807) is 19.1 Å². The second-order valence-corrected chi connectivity index (χ2v) is 5.92. The molecule has 2 rings (SSSR count). The van der Waals surface area contributed by atoms with Gasteiger partial charge in [0.2, 0.25) is 0 Å². The van der Waals surface area contributed by atoms with Gasteiger partial charge in [-0.05, 0) is 60.8 Å². The third-order valence-electron chi connectivity index (χ3n) is 3.40. The zero-order valence-electron chi connectivity index (χ0n) is 12.1. The molecule has 0 aliphatic rings. The summed E-state index contributed by atoms with van der Waals surface area (Å²) in [5, 5.41) is 3.35. The van der Waals surface area contributed by atoms with Crippen LogP contribution in [0.15, 0.2) is 40.9 Å². The summed E-state index contributed by atoms with van der Waals surface area (Å²) in [6.45, 7) is 4.55. The third kappa shape index (κ3) is 3.89. The van der Waals surface area contributed by atoms with Gasteiger partial charge in [0.1, 0.15) is 11.6 Å². The largest absolute Gasteiger partial charge is 0.306 e.